The van der Waals surface area contributed by atoms with E-state index in [0.29, 0.717) is 22.3 Å². The van der Waals surface area contributed by atoms with Crippen molar-refractivity contribution in [2.75, 3.05) is 10.6 Å². The van der Waals surface area contributed by atoms with E-state index in [0.717, 1.165) is 6.20 Å². The minimum atomic E-state index is -1.07. The average molecular weight is 447 g/mol. The van der Waals surface area contributed by atoms with Crippen LogP contribution < -0.4 is 10.6 Å². The van der Waals surface area contributed by atoms with Crippen LogP contribution in [0.5, 0.6) is 0 Å². The third-order valence-electron chi connectivity index (χ3n) is 6.02. The molecule has 11 heteroatoms. The molecule has 0 saturated heterocycles. The number of hydrogen-bond donors (Lipinski definition) is 2. The van der Waals surface area contributed by atoms with Crippen LogP contribution in [0.1, 0.15) is 30.2 Å². The number of nitrogens with zero attached hydrogens (tertiary/aromatic N) is 5. The van der Waals surface area contributed by atoms with Crippen LogP contribution in [0.2, 0.25) is 0 Å². The number of benzene rings is 1. The number of pyridine rings is 1. The van der Waals surface area contributed by atoms with Crippen LogP contribution in [-0.4, -0.2) is 36.5 Å². The lowest BCUT2D eigenvalue weighted by molar-refractivity contribution is -0.125. The molecule has 3 aromatic heterocycles. The van der Waals surface area contributed by atoms with E-state index >= 15 is 0 Å². The fourth-order valence-electron chi connectivity index (χ4n) is 4.40. The van der Waals surface area contributed by atoms with E-state index in [-0.39, 0.29) is 47.8 Å². The van der Waals surface area contributed by atoms with Gasteiger partial charge in [-0.05, 0) is 18.6 Å². The highest BCUT2D eigenvalue weighted by Crippen LogP contribution is 2.45. The zero-order valence-electron chi connectivity index (χ0n) is 17.2. The standard InChI is InChI=1S/C22H15F2N7O2/c1-22-8-15(32)26-18-16(22)19(27-20(22)33)29-21(28-18)31-14-7-11(23)9-25-17(14)13(30-31)6-10-4-2-3-5-12(10)24/h2-5,7,9H,6,8H2,1H3,(H2,26,27,28,29,32,33). The molecule has 4 aromatic rings. The lowest BCUT2D eigenvalue weighted by atomic mass is 9.79. The molecule has 0 saturated carbocycles. The van der Waals surface area contributed by atoms with Crippen LogP contribution in [-0.2, 0) is 21.4 Å². The van der Waals surface area contributed by atoms with Gasteiger partial charge in [-0.2, -0.15) is 19.7 Å². The molecule has 0 bridgehead atoms. The van der Waals surface area contributed by atoms with Gasteiger partial charge in [-0.15, -0.1) is 0 Å². The smallest absolute Gasteiger partial charge is 0.255 e. The van der Waals surface area contributed by atoms with E-state index in [1.54, 1.807) is 25.1 Å². The minimum Gasteiger partial charge on any atom is -0.310 e. The SMILES string of the molecule is CC12CC(=O)Nc3nc(-n4nc(Cc5ccccc5F)c5ncc(F)cc54)nc(c31)NC2=O. The normalized spacial score (nSPS) is 18.9. The molecule has 164 valence electrons. The highest BCUT2D eigenvalue weighted by atomic mass is 19.1. The maximum Gasteiger partial charge on any atom is 0.255 e. The van der Waals surface area contributed by atoms with Crippen molar-refractivity contribution in [3.63, 3.8) is 0 Å². The number of halogens is 2. The van der Waals surface area contributed by atoms with E-state index in [4.69, 9.17) is 0 Å². The van der Waals surface area contributed by atoms with Crippen LogP contribution in [0.3, 0.4) is 0 Å². The number of anilines is 2. The molecule has 5 heterocycles. The number of amides is 2. The summed E-state index contributed by atoms with van der Waals surface area (Å²) in [7, 11) is 0. The maximum absolute atomic E-state index is 14.3. The van der Waals surface area contributed by atoms with Gasteiger partial charge in [-0.1, -0.05) is 18.2 Å². The summed E-state index contributed by atoms with van der Waals surface area (Å²) in [4.78, 5) is 37.8. The maximum atomic E-state index is 14.3. The predicted octanol–water partition coefficient (Wildman–Crippen LogP) is 2.63. The van der Waals surface area contributed by atoms with Crippen molar-refractivity contribution < 1.29 is 18.4 Å². The fraction of sp³-hybridized carbons (Fsp3) is 0.182. The number of hydrogen-bond acceptors (Lipinski definition) is 6. The Morgan fingerprint density at radius 2 is 1.88 bits per heavy atom. The van der Waals surface area contributed by atoms with Gasteiger partial charge in [0.25, 0.3) is 5.95 Å². The van der Waals surface area contributed by atoms with Gasteiger partial charge in [0, 0.05) is 18.9 Å². The molecule has 1 aromatic carbocycles. The fourth-order valence-corrected chi connectivity index (χ4v) is 4.40. The molecule has 2 N–H and O–H groups in total. The predicted molar refractivity (Wildman–Crippen MR) is 113 cm³/mol. The molecule has 6 rings (SSSR count). The lowest BCUT2D eigenvalue weighted by Gasteiger charge is -2.27. The number of carbonyl (C=O) groups is 2. The van der Waals surface area contributed by atoms with Crippen LogP contribution in [0.25, 0.3) is 17.0 Å². The van der Waals surface area contributed by atoms with E-state index in [2.05, 4.69) is 30.7 Å². The molecule has 9 nitrogen and oxygen atoms in total. The number of rotatable bonds is 3. The van der Waals surface area contributed by atoms with Crippen molar-refractivity contribution in [1.82, 2.24) is 24.7 Å². The van der Waals surface area contributed by atoms with Gasteiger partial charge < -0.3 is 10.6 Å². The van der Waals surface area contributed by atoms with Crippen LogP contribution >= 0.6 is 0 Å². The van der Waals surface area contributed by atoms with Gasteiger partial charge in [-0.3, -0.25) is 9.59 Å². The number of nitrogens with one attached hydrogen (secondary N) is 2. The summed E-state index contributed by atoms with van der Waals surface area (Å²) in [5, 5.41) is 9.88. The molecule has 2 amide bonds. The lowest BCUT2D eigenvalue weighted by Crippen LogP contribution is -2.39. The molecule has 1 atom stereocenters. The van der Waals surface area contributed by atoms with Crippen molar-refractivity contribution in [2.24, 2.45) is 0 Å². The van der Waals surface area contributed by atoms with Gasteiger partial charge in [0.2, 0.25) is 11.8 Å². The Labute approximate surface area is 184 Å². The molecule has 0 radical (unpaired) electrons. The summed E-state index contributed by atoms with van der Waals surface area (Å²) in [5.41, 5.74) is 0.851. The first-order valence-electron chi connectivity index (χ1n) is 10.1. The van der Waals surface area contributed by atoms with E-state index in [1.807, 2.05) is 0 Å². The first-order valence-corrected chi connectivity index (χ1v) is 10.1. The van der Waals surface area contributed by atoms with Crippen molar-refractivity contribution in [1.29, 1.82) is 0 Å². The van der Waals surface area contributed by atoms with Crippen molar-refractivity contribution in [3.05, 3.63) is 65.0 Å². The topological polar surface area (TPSA) is 115 Å². The van der Waals surface area contributed by atoms with Crippen molar-refractivity contribution >= 4 is 34.5 Å². The van der Waals surface area contributed by atoms with Crippen molar-refractivity contribution in [3.8, 4) is 5.95 Å². The Kier molecular flexibility index (Phi) is 3.89. The second-order valence-corrected chi connectivity index (χ2v) is 8.25. The molecule has 0 spiro atoms. The summed E-state index contributed by atoms with van der Waals surface area (Å²) >= 11 is 0. The third-order valence-corrected chi connectivity index (χ3v) is 6.02. The highest BCUT2D eigenvalue weighted by molar-refractivity contribution is 6.13. The summed E-state index contributed by atoms with van der Waals surface area (Å²) < 4.78 is 29.6. The Morgan fingerprint density at radius 3 is 2.67 bits per heavy atom. The molecule has 33 heavy (non-hydrogen) atoms. The van der Waals surface area contributed by atoms with Gasteiger partial charge in [-0.25, -0.2) is 13.8 Å². The molecule has 2 aliphatic heterocycles. The van der Waals surface area contributed by atoms with Gasteiger partial charge in [0.15, 0.2) is 0 Å². The van der Waals surface area contributed by atoms with Crippen LogP contribution in [0.4, 0.5) is 20.4 Å². The minimum absolute atomic E-state index is 0.00711. The molecular weight excluding hydrogens is 432 g/mol. The largest absolute Gasteiger partial charge is 0.310 e. The van der Waals surface area contributed by atoms with E-state index in [1.165, 1.54) is 16.8 Å². The molecular formula is C22H15F2N7O2. The van der Waals surface area contributed by atoms with E-state index in [9.17, 15) is 18.4 Å². The Balaban J connectivity index is 1.55. The summed E-state index contributed by atoms with van der Waals surface area (Å²) in [6.45, 7) is 1.66. The van der Waals surface area contributed by atoms with E-state index < -0.39 is 17.0 Å². The van der Waals surface area contributed by atoms with Gasteiger partial charge in [0.1, 0.15) is 28.8 Å². The molecule has 2 aliphatic rings. The zero-order chi connectivity index (χ0) is 22.9. The summed E-state index contributed by atoms with van der Waals surface area (Å²) in [6, 6.07) is 7.50. The molecule has 1 unspecified atom stereocenters. The Morgan fingerprint density at radius 1 is 1.12 bits per heavy atom. The van der Waals surface area contributed by atoms with Crippen LogP contribution in [0, 0.1) is 11.6 Å². The second kappa shape index (κ2) is 6.61. The Hall–Kier alpha value is -4.28. The number of fused-ring (bicyclic) bond motifs is 1. The molecule has 0 fully saturated rings. The third kappa shape index (κ3) is 2.81. The number of aromatic nitrogens is 5. The first kappa shape index (κ1) is 19.4. The number of carbonyl (C=O) groups excluding carboxylic acids is 2. The second-order valence-electron chi connectivity index (χ2n) is 8.25. The zero-order valence-corrected chi connectivity index (χ0v) is 17.2. The van der Waals surface area contributed by atoms with Gasteiger partial charge >= 0.3 is 0 Å². The summed E-state index contributed by atoms with van der Waals surface area (Å²) in [6.07, 6.45) is 1.14. The summed E-state index contributed by atoms with van der Waals surface area (Å²) in [5.74, 6) is -1.24. The first-order chi connectivity index (χ1) is 15.8. The van der Waals surface area contributed by atoms with Crippen molar-refractivity contribution in [2.45, 2.75) is 25.2 Å². The quantitative estimate of drug-likeness (QED) is 0.499. The highest BCUT2D eigenvalue weighted by Gasteiger charge is 2.50. The van der Waals surface area contributed by atoms with Gasteiger partial charge in [0.05, 0.1) is 28.4 Å². The molecule has 0 aliphatic carbocycles. The van der Waals surface area contributed by atoms with Crippen LogP contribution in [0.15, 0.2) is 36.5 Å². The Bertz CT molecular complexity index is 1520. The monoisotopic (exact) mass is 447 g/mol. The average Bonchev–Trinajstić information content (AvgIpc) is 3.24.